The monoisotopic (exact) mass is 425 g/mol. The number of hydrogen-bond acceptors (Lipinski definition) is 5. The van der Waals surface area contributed by atoms with E-state index in [1.165, 1.54) is 20.2 Å². The zero-order valence-corrected chi connectivity index (χ0v) is 17.7. The van der Waals surface area contributed by atoms with Gasteiger partial charge in [-0.3, -0.25) is 9.89 Å². The molecule has 1 aliphatic rings. The van der Waals surface area contributed by atoms with Crippen molar-refractivity contribution in [2.45, 2.75) is 38.2 Å². The SMILES string of the molecule is CC(C)(O)C(=O)N1CCC(c2[nH]nc(-c3ccc(Cl)cc3)c2-c2ccncn2)CC1. The molecule has 1 amide bonds. The summed E-state index contributed by atoms with van der Waals surface area (Å²) >= 11 is 6.06. The van der Waals surface area contributed by atoms with Gasteiger partial charge in [-0.1, -0.05) is 23.7 Å². The van der Waals surface area contributed by atoms with Gasteiger partial charge in [-0.05, 0) is 44.9 Å². The van der Waals surface area contributed by atoms with Crippen LogP contribution in [0.5, 0.6) is 0 Å². The minimum Gasteiger partial charge on any atom is -0.381 e. The van der Waals surface area contributed by atoms with Gasteiger partial charge in [0.15, 0.2) is 0 Å². The van der Waals surface area contributed by atoms with Crippen LogP contribution in [0.3, 0.4) is 0 Å². The number of hydrogen-bond donors (Lipinski definition) is 2. The molecule has 0 unspecified atom stereocenters. The Morgan fingerprint density at radius 2 is 1.90 bits per heavy atom. The highest BCUT2D eigenvalue weighted by Gasteiger charge is 2.34. The molecule has 0 spiro atoms. The first-order chi connectivity index (χ1) is 14.3. The molecule has 0 bridgehead atoms. The molecule has 0 radical (unpaired) electrons. The summed E-state index contributed by atoms with van der Waals surface area (Å²) in [4.78, 5) is 22.6. The lowest BCUT2D eigenvalue weighted by Gasteiger charge is -2.35. The molecular weight excluding hydrogens is 402 g/mol. The van der Waals surface area contributed by atoms with Crippen LogP contribution >= 0.6 is 11.6 Å². The molecule has 3 heterocycles. The molecule has 2 N–H and O–H groups in total. The lowest BCUT2D eigenvalue weighted by atomic mass is 9.88. The Balaban J connectivity index is 1.66. The fourth-order valence-corrected chi connectivity index (χ4v) is 4.05. The molecule has 4 rings (SSSR count). The number of rotatable bonds is 4. The van der Waals surface area contributed by atoms with Crippen molar-refractivity contribution < 1.29 is 9.90 Å². The maximum atomic E-state index is 12.4. The highest BCUT2D eigenvalue weighted by Crippen LogP contribution is 2.39. The Morgan fingerprint density at radius 3 is 2.50 bits per heavy atom. The zero-order valence-electron chi connectivity index (χ0n) is 17.0. The van der Waals surface area contributed by atoms with E-state index in [4.69, 9.17) is 11.6 Å². The Hall–Kier alpha value is -2.77. The van der Waals surface area contributed by atoms with Crippen LogP contribution in [0.25, 0.3) is 22.5 Å². The first kappa shape index (κ1) is 20.5. The third-order valence-corrected chi connectivity index (χ3v) is 5.72. The van der Waals surface area contributed by atoms with Crippen molar-refractivity contribution in [1.29, 1.82) is 0 Å². The van der Waals surface area contributed by atoms with E-state index in [-0.39, 0.29) is 11.8 Å². The Bertz CT molecular complexity index is 1020. The van der Waals surface area contributed by atoms with E-state index in [1.807, 2.05) is 30.3 Å². The van der Waals surface area contributed by atoms with E-state index in [1.54, 1.807) is 11.1 Å². The molecule has 1 fully saturated rings. The smallest absolute Gasteiger partial charge is 0.253 e. The van der Waals surface area contributed by atoms with E-state index in [0.717, 1.165) is 41.1 Å². The Labute approximate surface area is 180 Å². The van der Waals surface area contributed by atoms with E-state index >= 15 is 0 Å². The van der Waals surface area contributed by atoms with Crippen molar-refractivity contribution in [2.24, 2.45) is 0 Å². The fourth-order valence-electron chi connectivity index (χ4n) is 3.92. The number of aromatic amines is 1. The fraction of sp³-hybridized carbons (Fsp3) is 0.364. The second-order valence-electron chi connectivity index (χ2n) is 8.09. The van der Waals surface area contributed by atoms with Crippen molar-refractivity contribution in [2.75, 3.05) is 13.1 Å². The summed E-state index contributed by atoms with van der Waals surface area (Å²) in [5.41, 5.74) is 3.17. The average Bonchev–Trinajstić information content (AvgIpc) is 3.19. The zero-order chi connectivity index (χ0) is 21.3. The first-order valence-corrected chi connectivity index (χ1v) is 10.3. The molecule has 3 aromatic rings. The summed E-state index contributed by atoms with van der Waals surface area (Å²) in [6, 6.07) is 9.45. The average molecular weight is 426 g/mol. The van der Waals surface area contributed by atoms with Crippen molar-refractivity contribution in [3.8, 4) is 22.5 Å². The quantitative estimate of drug-likeness (QED) is 0.665. The standard InChI is InChI=1S/C22H24ClN5O2/c1-22(2,30)21(29)28-11-8-15(9-12-28)20-18(17-7-10-24-13-25-17)19(26-27-20)14-3-5-16(23)6-4-14/h3-7,10,13,15,30H,8-9,11-12H2,1-2H3,(H,26,27). The topological polar surface area (TPSA) is 95.0 Å². The maximum absolute atomic E-state index is 12.4. The molecule has 0 aliphatic carbocycles. The molecule has 1 aromatic carbocycles. The highest BCUT2D eigenvalue weighted by atomic mass is 35.5. The maximum Gasteiger partial charge on any atom is 0.253 e. The number of H-pyrrole nitrogens is 1. The third-order valence-electron chi connectivity index (χ3n) is 5.46. The normalized spacial score (nSPS) is 15.4. The number of aromatic nitrogens is 4. The number of piperidine rings is 1. The number of nitrogens with zero attached hydrogens (tertiary/aromatic N) is 4. The number of benzene rings is 1. The van der Waals surface area contributed by atoms with Crippen LogP contribution in [-0.4, -0.2) is 54.8 Å². The van der Waals surface area contributed by atoms with Gasteiger partial charge < -0.3 is 10.0 Å². The molecule has 0 saturated carbocycles. The number of carbonyl (C=O) groups excluding carboxylic acids is 1. The van der Waals surface area contributed by atoms with Crippen LogP contribution < -0.4 is 0 Å². The minimum absolute atomic E-state index is 0.203. The Morgan fingerprint density at radius 1 is 1.20 bits per heavy atom. The van der Waals surface area contributed by atoms with Crippen molar-refractivity contribution in [3.05, 3.63) is 53.6 Å². The molecule has 30 heavy (non-hydrogen) atoms. The summed E-state index contributed by atoms with van der Waals surface area (Å²) in [5.74, 6) is -0.0298. The van der Waals surface area contributed by atoms with Crippen molar-refractivity contribution in [3.63, 3.8) is 0 Å². The summed E-state index contributed by atoms with van der Waals surface area (Å²) in [6.45, 7) is 4.24. The molecule has 2 aromatic heterocycles. The molecule has 156 valence electrons. The van der Waals surface area contributed by atoms with Gasteiger partial charge in [0.25, 0.3) is 5.91 Å². The van der Waals surface area contributed by atoms with Gasteiger partial charge in [0.2, 0.25) is 0 Å². The van der Waals surface area contributed by atoms with Gasteiger partial charge in [0, 0.05) is 47.0 Å². The van der Waals surface area contributed by atoms with Gasteiger partial charge in [0.05, 0.1) is 5.69 Å². The Kier molecular flexibility index (Phi) is 5.58. The molecule has 7 nitrogen and oxygen atoms in total. The molecule has 0 atom stereocenters. The largest absolute Gasteiger partial charge is 0.381 e. The number of nitrogens with one attached hydrogen (secondary N) is 1. The predicted octanol–water partition coefficient (Wildman–Crippen LogP) is 3.66. The summed E-state index contributed by atoms with van der Waals surface area (Å²) < 4.78 is 0. The van der Waals surface area contributed by atoms with Gasteiger partial charge in [-0.15, -0.1) is 0 Å². The van der Waals surface area contributed by atoms with Gasteiger partial charge in [-0.2, -0.15) is 5.10 Å². The minimum atomic E-state index is -1.35. The molecule has 1 aliphatic heterocycles. The highest BCUT2D eigenvalue weighted by molar-refractivity contribution is 6.30. The lowest BCUT2D eigenvalue weighted by molar-refractivity contribution is -0.148. The van der Waals surface area contributed by atoms with E-state index < -0.39 is 5.60 Å². The molecule has 1 saturated heterocycles. The van der Waals surface area contributed by atoms with Gasteiger partial charge >= 0.3 is 0 Å². The van der Waals surface area contributed by atoms with E-state index in [9.17, 15) is 9.90 Å². The van der Waals surface area contributed by atoms with Gasteiger partial charge in [-0.25, -0.2) is 9.97 Å². The number of carbonyl (C=O) groups is 1. The molecular formula is C22H24ClN5O2. The number of aliphatic hydroxyl groups is 1. The van der Waals surface area contributed by atoms with Crippen LogP contribution in [0.4, 0.5) is 0 Å². The molecule has 8 heteroatoms. The summed E-state index contributed by atoms with van der Waals surface area (Å²) in [7, 11) is 0. The predicted molar refractivity (Wildman–Crippen MR) is 115 cm³/mol. The van der Waals surface area contributed by atoms with Crippen LogP contribution in [0.2, 0.25) is 5.02 Å². The number of amides is 1. The van der Waals surface area contributed by atoms with E-state index in [2.05, 4.69) is 20.2 Å². The van der Waals surface area contributed by atoms with E-state index in [0.29, 0.717) is 18.1 Å². The van der Waals surface area contributed by atoms with Crippen molar-refractivity contribution >= 4 is 17.5 Å². The number of halogens is 1. The second kappa shape index (κ2) is 8.16. The van der Waals surface area contributed by atoms with Gasteiger partial charge in [0.1, 0.15) is 17.6 Å². The summed E-state index contributed by atoms with van der Waals surface area (Å²) in [5, 5.41) is 18.5. The summed E-state index contributed by atoms with van der Waals surface area (Å²) in [6.07, 6.45) is 4.81. The third kappa shape index (κ3) is 4.08. The number of likely N-dealkylation sites (tertiary alicyclic amines) is 1. The van der Waals surface area contributed by atoms with Crippen LogP contribution in [0.15, 0.2) is 42.9 Å². The first-order valence-electron chi connectivity index (χ1n) is 9.97. The lowest BCUT2D eigenvalue weighted by Crippen LogP contribution is -2.48. The van der Waals surface area contributed by atoms with Crippen molar-refractivity contribution in [1.82, 2.24) is 25.1 Å². The van der Waals surface area contributed by atoms with Crippen LogP contribution in [0, 0.1) is 0 Å². The van der Waals surface area contributed by atoms with Crippen LogP contribution in [0.1, 0.15) is 38.3 Å². The van der Waals surface area contributed by atoms with Crippen LogP contribution in [-0.2, 0) is 4.79 Å². The second-order valence-corrected chi connectivity index (χ2v) is 8.52.